The van der Waals surface area contributed by atoms with Gasteiger partial charge in [-0.25, -0.2) is 0 Å². The van der Waals surface area contributed by atoms with Crippen LogP contribution in [-0.4, -0.2) is 31.7 Å². The lowest BCUT2D eigenvalue weighted by molar-refractivity contribution is 0.0859. The highest BCUT2D eigenvalue weighted by molar-refractivity contribution is 6.80. The highest BCUT2D eigenvalue weighted by Crippen LogP contribution is 2.44. The Bertz CT molecular complexity index is 1120. The van der Waals surface area contributed by atoms with Crippen LogP contribution >= 0.6 is 0 Å². The minimum absolute atomic E-state index is 0.0270. The number of aromatic hydroxyl groups is 1. The third-order valence-electron chi connectivity index (χ3n) is 6.22. The van der Waals surface area contributed by atoms with Gasteiger partial charge in [0.15, 0.2) is 0 Å². The van der Waals surface area contributed by atoms with E-state index in [4.69, 9.17) is 9.16 Å². The van der Waals surface area contributed by atoms with Crippen LogP contribution in [0.15, 0.2) is 78.0 Å². The minimum atomic E-state index is -1.61. The van der Waals surface area contributed by atoms with Crippen LogP contribution in [0.25, 0.3) is 0 Å². The molecule has 0 saturated heterocycles. The average Bonchev–Trinajstić information content (AvgIpc) is 3.68. The van der Waals surface area contributed by atoms with Crippen molar-refractivity contribution in [2.75, 3.05) is 6.61 Å². The molecule has 3 aromatic rings. The Kier molecular flexibility index (Phi) is 7.62. The van der Waals surface area contributed by atoms with Crippen molar-refractivity contribution in [1.82, 2.24) is 0 Å². The molecule has 1 saturated carbocycles. The average molecular weight is 489 g/mol. The van der Waals surface area contributed by atoms with E-state index in [1.165, 1.54) is 12.8 Å². The second-order valence-corrected chi connectivity index (χ2v) is 12.3. The van der Waals surface area contributed by atoms with Crippen LogP contribution < -0.4 is 15.1 Å². The SMILES string of the molecule is C/C(=N\O)c1cc(C(O[Si](c2ccccc2)c2ccccc2)C(C)(C)C)c(OCC2CC2)cc1O. The standard InChI is InChI=1S/C29H34NO4Si/c1-20(30-32)24-17-25(27(18-26(24)31)33-19-21-15-16-21)28(29(2,3)4)34-35(22-11-7-5-8-12-22)23-13-9-6-10-14-23/h5-14,17-18,21,28,31-32H,15-16,19H2,1-4H3/b30-20+. The summed E-state index contributed by atoms with van der Waals surface area (Å²) in [7, 11) is -1.61. The van der Waals surface area contributed by atoms with E-state index in [0.29, 0.717) is 29.5 Å². The van der Waals surface area contributed by atoms with Crippen LogP contribution in [0.5, 0.6) is 11.5 Å². The van der Waals surface area contributed by atoms with Crippen LogP contribution in [0.3, 0.4) is 0 Å². The van der Waals surface area contributed by atoms with Crippen molar-refractivity contribution in [3.63, 3.8) is 0 Å². The molecule has 5 nitrogen and oxygen atoms in total. The molecule has 1 aliphatic carbocycles. The lowest BCUT2D eigenvalue weighted by Gasteiger charge is -2.35. The predicted octanol–water partition coefficient (Wildman–Crippen LogP) is 5.29. The normalized spacial score (nSPS) is 15.3. The van der Waals surface area contributed by atoms with Gasteiger partial charge in [-0.05, 0) is 47.5 Å². The van der Waals surface area contributed by atoms with Crippen LogP contribution in [0.4, 0.5) is 0 Å². The van der Waals surface area contributed by atoms with Crippen molar-refractivity contribution in [2.24, 2.45) is 16.5 Å². The van der Waals surface area contributed by atoms with Gasteiger partial charge in [0.1, 0.15) is 11.5 Å². The van der Waals surface area contributed by atoms with E-state index in [1.807, 2.05) is 42.5 Å². The molecule has 6 heteroatoms. The van der Waals surface area contributed by atoms with Crippen molar-refractivity contribution in [3.05, 3.63) is 83.9 Å². The Balaban J connectivity index is 1.82. The van der Waals surface area contributed by atoms with Crippen molar-refractivity contribution in [3.8, 4) is 11.5 Å². The van der Waals surface area contributed by atoms with E-state index in [9.17, 15) is 10.3 Å². The third-order valence-corrected chi connectivity index (χ3v) is 8.40. The lowest BCUT2D eigenvalue weighted by Crippen LogP contribution is -2.47. The molecule has 1 aliphatic rings. The Hall–Kier alpha value is -3.09. The number of phenols is 1. The van der Waals surface area contributed by atoms with Gasteiger partial charge in [-0.1, -0.05) is 86.6 Å². The van der Waals surface area contributed by atoms with E-state index in [0.717, 1.165) is 15.9 Å². The summed E-state index contributed by atoms with van der Waals surface area (Å²) in [5.41, 5.74) is 1.37. The summed E-state index contributed by atoms with van der Waals surface area (Å²) in [6, 6.07) is 24.2. The Morgan fingerprint density at radius 2 is 1.57 bits per heavy atom. The molecule has 1 fully saturated rings. The fourth-order valence-electron chi connectivity index (χ4n) is 4.06. The Morgan fingerprint density at radius 1 is 1.00 bits per heavy atom. The van der Waals surface area contributed by atoms with Crippen LogP contribution in [0.2, 0.25) is 0 Å². The number of hydrogen-bond donors (Lipinski definition) is 2. The molecule has 183 valence electrons. The van der Waals surface area contributed by atoms with Crippen molar-refractivity contribution < 1.29 is 19.5 Å². The number of hydrogen-bond acceptors (Lipinski definition) is 5. The molecule has 0 aromatic heterocycles. The Labute approximate surface area is 209 Å². The number of rotatable bonds is 9. The zero-order chi connectivity index (χ0) is 25.0. The highest BCUT2D eigenvalue weighted by atomic mass is 28.3. The van der Waals surface area contributed by atoms with Crippen LogP contribution in [0, 0.1) is 11.3 Å². The smallest absolute Gasteiger partial charge is 0.283 e. The van der Waals surface area contributed by atoms with Gasteiger partial charge in [-0.2, -0.15) is 0 Å². The van der Waals surface area contributed by atoms with E-state index in [1.54, 1.807) is 13.0 Å². The topological polar surface area (TPSA) is 71.3 Å². The van der Waals surface area contributed by atoms with Gasteiger partial charge in [0.2, 0.25) is 0 Å². The highest BCUT2D eigenvalue weighted by Gasteiger charge is 2.35. The molecule has 0 aliphatic heterocycles. The second kappa shape index (κ2) is 10.7. The molecular formula is C29H34NO4Si. The second-order valence-electron chi connectivity index (χ2n) is 10.3. The molecule has 0 heterocycles. The van der Waals surface area contributed by atoms with Crippen molar-refractivity contribution in [1.29, 1.82) is 0 Å². The molecule has 0 amide bonds. The summed E-state index contributed by atoms with van der Waals surface area (Å²) >= 11 is 0. The first-order valence-electron chi connectivity index (χ1n) is 12.1. The number of nitrogens with zero attached hydrogens (tertiary/aromatic N) is 1. The molecule has 1 radical (unpaired) electrons. The lowest BCUT2D eigenvalue weighted by atomic mass is 9.83. The van der Waals surface area contributed by atoms with Gasteiger partial charge in [0, 0.05) is 17.2 Å². The third kappa shape index (κ3) is 6.13. The first-order chi connectivity index (χ1) is 16.8. The maximum atomic E-state index is 10.7. The minimum Gasteiger partial charge on any atom is -0.507 e. The van der Waals surface area contributed by atoms with Gasteiger partial charge in [0.25, 0.3) is 9.04 Å². The quantitative estimate of drug-likeness (QED) is 0.186. The van der Waals surface area contributed by atoms with Gasteiger partial charge in [-0.15, -0.1) is 0 Å². The molecule has 0 bridgehead atoms. The number of phenolic OH excluding ortho intramolecular Hbond substituents is 1. The molecule has 1 unspecified atom stereocenters. The summed E-state index contributed by atoms with van der Waals surface area (Å²) in [5.74, 6) is 1.21. The van der Waals surface area contributed by atoms with Crippen molar-refractivity contribution >= 4 is 25.1 Å². The maximum Gasteiger partial charge on any atom is 0.283 e. The molecule has 3 aromatic carbocycles. The first-order valence-corrected chi connectivity index (χ1v) is 13.5. The number of benzene rings is 3. The fourth-order valence-corrected chi connectivity index (χ4v) is 6.37. The zero-order valence-electron chi connectivity index (χ0n) is 20.9. The monoisotopic (exact) mass is 488 g/mol. The summed E-state index contributed by atoms with van der Waals surface area (Å²) in [6.45, 7) is 8.73. The molecule has 2 N–H and O–H groups in total. The predicted molar refractivity (Wildman–Crippen MR) is 142 cm³/mol. The molecule has 0 spiro atoms. The van der Waals surface area contributed by atoms with E-state index in [-0.39, 0.29) is 17.3 Å². The van der Waals surface area contributed by atoms with Gasteiger partial charge >= 0.3 is 0 Å². The van der Waals surface area contributed by atoms with Crippen LogP contribution in [-0.2, 0) is 4.43 Å². The van der Waals surface area contributed by atoms with E-state index < -0.39 is 9.04 Å². The van der Waals surface area contributed by atoms with Gasteiger partial charge < -0.3 is 19.5 Å². The van der Waals surface area contributed by atoms with Crippen LogP contribution in [0.1, 0.15) is 57.8 Å². The maximum absolute atomic E-state index is 10.7. The molecule has 1 atom stereocenters. The fraction of sp³-hybridized carbons (Fsp3) is 0.345. The summed E-state index contributed by atoms with van der Waals surface area (Å²) in [6.07, 6.45) is 2.01. The largest absolute Gasteiger partial charge is 0.507 e. The molecule has 35 heavy (non-hydrogen) atoms. The first kappa shape index (κ1) is 25.0. The van der Waals surface area contributed by atoms with Gasteiger partial charge in [0.05, 0.1) is 18.4 Å². The Morgan fingerprint density at radius 3 is 2.06 bits per heavy atom. The summed E-state index contributed by atoms with van der Waals surface area (Å²) in [5, 5.41) is 25.8. The molecular weight excluding hydrogens is 454 g/mol. The van der Waals surface area contributed by atoms with Gasteiger partial charge in [-0.3, -0.25) is 0 Å². The van der Waals surface area contributed by atoms with E-state index >= 15 is 0 Å². The molecule has 4 rings (SSSR count). The van der Waals surface area contributed by atoms with Crippen molar-refractivity contribution in [2.45, 2.75) is 46.6 Å². The number of ether oxygens (including phenoxy) is 1. The van der Waals surface area contributed by atoms with E-state index in [2.05, 4.69) is 50.2 Å². The summed E-state index contributed by atoms with van der Waals surface area (Å²) in [4.78, 5) is 0. The zero-order valence-corrected chi connectivity index (χ0v) is 21.9. The summed E-state index contributed by atoms with van der Waals surface area (Å²) < 4.78 is 13.3. The number of oxime groups is 1.